The second-order valence-corrected chi connectivity index (χ2v) is 7.98. The summed E-state index contributed by atoms with van der Waals surface area (Å²) in [5, 5.41) is 6.92. The molecule has 0 saturated heterocycles. The molecule has 4 aromatic rings. The number of halogens is 3. The number of rotatable bonds is 8. The van der Waals surface area contributed by atoms with Crippen molar-refractivity contribution in [2.75, 3.05) is 25.0 Å². The molecule has 2 heterocycles. The van der Waals surface area contributed by atoms with Crippen molar-refractivity contribution in [3.8, 4) is 5.69 Å². The van der Waals surface area contributed by atoms with Crippen LogP contribution in [0.2, 0.25) is 0 Å². The number of amides is 1. The van der Waals surface area contributed by atoms with Crippen molar-refractivity contribution in [2.45, 2.75) is 19.1 Å². The Morgan fingerprint density at radius 1 is 1.11 bits per heavy atom. The van der Waals surface area contributed by atoms with Gasteiger partial charge in [-0.15, -0.1) is 0 Å². The molecule has 4 rings (SSSR count). The molecule has 0 atom stereocenters. The van der Waals surface area contributed by atoms with Gasteiger partial charge in [0.2, 0.25) is 5.91 Å². The second kappa shape index (κ2) is 10.00. The zero-order valence-corrected chi connectivity index (χ0v) is 18.9. The number of hydrogen-bond acceptors (Lipinski definition) is 5. The van der Waals surface area contributed by atoms with Crippen molar-refractivity contribution in [3.05, 3.63) is 83.0 Å². The fraction of sp³-hybridized carbons (Fsp3) is 0.250. The molecule has 2 aromatic carbocycles. The lowest BCUT2D eigenvalue weighted by Gasteiger charge is -2.19. The minimum Gasteiger partial charge on any atom is -0.375 e. The summed E-state index contributed by atoms with van der Waals surface area (Å²) in [6.45, 7) is 0.950. The lowest BCUT2D eigenvalue weighted by molar-refractivity contribution is -0.137. The molecule has 2 aromatic heterocycles. The molecule has 0 fully saturated rings. The van der Waals surface area contributed by atoms with Crippen molar-refractivity contribution >= 4 is 22.6 Å². The van der Waals surface area contributed by atoms with Gasteiger partial charge in [-0.05, 0) is 36.8 Å². The van der Waals surface area contributed by atoms with Crippen LogP contribution in [0.1, 0.15) is 12.0 Å². The van der Waals surface area contributed by atoms with Crippen LogP contribution in [-0.2, 0) is 17.5 Å². The lowest BCUT2D eigenvalue weighted by Crippen LogP contribution is -2.34. The van der Waals surface area contributed by atoms with Crippen LogP contribution in [0.5, 0.6) is 0 Å². The SMILES string of the molecule is CN(CCCNC(=O)Cn1cnc2c(cnn2-c2cccc(C(F)(F)F)c2)c1=O)c1ccccc1. The molecule has 35 heavy (non-hydrogen) atoms. The van der Waals surface area contributed by atoms with E-state index in [0.717, 1.165) is 28.9 Å². The van der Waals surface area contributed by atoms with E-state index in [-0.39, 0.29) is 29.2 Å². The molecule has 0 unspecified atom stereocenters. The molecule has 1 N–H and O–H groups in total. The molecule has 182 valence electrons. The van der Waals surface area contributed by atoms with Crippen LogP contribution in [0, 0.1) is 0 Å². The predicted molar refractivity (Wildman–Crippen MR) is 125 cm³/mol. The summed E-state index contributed by atoms with van der Waals surface area (Å²) in [5.41, 5.74) is -0.0335. The third kappa shape index (κ3) is 5.51. The number of hydrogen-bond donors (Lipinski definition) is 1. The number of nitrogens with zero attached hydrogens (tertiary/aromatic N) is 5. The molecular weight excluding hydrogens is 461 g/mol. The smallest absolute Gasteiger partial charge is 0.375 e. The summed E-state index contributed by atoms with van der Waals surface area (Å²) in [4.78, 5) is 31.4. The Hall–Kier alpha value is -4.15. The van der Waals surface area contributed by atoms with Crippen LogP contribution in [0.3, 0.4) is 0 Å². The summed E-state index contributed by atoms with van der Waals surface area (Å²) in [6, 6.07) is 14.5. The van der Waals surface area contributed by atoms with Crippen LogP contribution in [0.4, 0.5) is 18.9 Å². The molecule has 8 nitrogen and oxygen atoms in total. The normalized spacial score (nSPS) is 11.5. The highest BCUT2D eigenvalue weighted by Crippen LogP contribution is 2.30. The molecule has 0 aliphatic rings. The summed E-state index contributed by atoms with van der Waals surface area (Å²) < 4.78 is 41.5. The number of carbonyl (C=O) groups excluding carboxylic acids is 1. The Balaban J connectivity index is 1.40. The number of aromatic nitrogens is 4. The van der Waals surface area contributed by atoms with Gasteiger partial charge in [0.1, 0.15) is 18.3 Å². The highest BCUT2D eigenvalue weighted by atomic mass is 19.4. The topological polar surface area (TPSA) is 85.1 Å². The zero-order valence-electron chi connectivity index (χ0n) is 18.9. The van der Waals surface area contributed by atoms with E-state index in [1.54, 1.807) is 0 Å². The average molecular weight is 484 g/mol. The summed E-state index contributed by atoms with van der Waals surface area (Å²) >= 11 is 0. The van der Waals surface area contributed by atoms with Crippen LogP contribution in [0.15, 0.2) is 71.9 Å². The highest BCUT2D eigenvalue weighted by molar-refractivity contribution is 5.77. The monoisotopic (exact) mass is 484 g/mol. The zero-order chi connectivity index (χ0) is 25.0. The Morgan fingerprint density at radius 3 is 2.63 bits per heavy atom. The van der Waals surface area contributed by atoms with Crippen molar-refractivity contribution in [1.82, 2.24) is 24.6 Å². The molecule has 11 heteroatoms. The fourth-order valence-corrected chi connectivity index (χ4v) is 3.63. The van der Waals surface area contributed by atoms with Gasteiger partial charge in [-0.3, -0.25) is 14.2 Å². The molecule has 0 aliphatic carbocycles. The summed E-state index contributed by atoms with van der Waals surface area (Å²) in [7, 11) is 1.97. The van der Waals surface area contributed by atoms with E-state index >= 15 is 0 Å². The Kier molecular flexibility index (Phi) is 6.85. The lowest BCUT2D eigenvalue weighted by atomic mass is 10.2. The van der Waals surface area contributed by atoms with Gasteiger partial charge in [0.05, 0.1) is 17.4 Å². The predicted octanol–water partition coefficient (Wildman–Crippen LogP) is 3.24. The van der Waals surface area contributed by atoms with Crippen molar-refractivity contribution in [1.29, 1.82) is 0 Å². The first kappa shape index (κ1) is 24.0. The van der Waals surface area contributed by atoms with Gasteiger partial charge in [-0.25, -0.2) is 9.67 Å². The minimum absolute atomic E-state index is 0.0993. The van der Waals surface area contributed by atoms with Crippen LogP contribution < -0.4 is 15.8 Å². The Bertz CT molecular complexity index is 1380. The summed E-state index contributed by atoms with van der Waals surface area (Å²) in [5.74, 6) is -0.346. The second-order valence-electron chi connectivity index (χ2n) is 7.98. The molecule has 1 amide bonds. The third-order valence-corrected chi connectivity index (χ3v) is 5.48. The number of fused-ring (bicyclic) bond motifs is 1. The first-order valence-corrected chi connectivity index (χ1v) is 10.9. The van der Waals surface area contributed by atoms with Crippen molar-refractivity contribution < 1.29 is 18.0 Å². The number of alkyl halides is 3. The van der Waals surface area contributed by atoms with Gasteiger partial charge in [0.25, 0.3) is 5.56 Å². The standard InChI is InChI=1S/C24H23F3N6O2/c1-31(18-8-3-2-4-9-18)12-6-11-28-21(34)15-32-16-29-22-20(23(32)35)14-30-33(22)19-10-5-7-17(13-19)24(25,26)27/h2-5,7-10,13-14,16H,6,11-12,15H2,1H3,(H,28,34). The quantitative estimate of drug-likeness (QED) is 0.388. The van der Waals surface area contributed by atoms with Crippen LogP contribution in [0.25, 0.3) is 16.7 Å². The van der Waals surface area contributed by atoms with Crippen LogP contribution in [-0.4, -0.2) is 45.4 Å². The number of para-hydroxylation sites is 1. The molecule has 0 aliphatic heterocycles. The Morgan fingerprint density at radius 2 is 1.89 bits per heavy atom. The fourth-order valence-electron chi connectivity index (χ4n) is 3.63. The van der Waals surface area contributed by atoms with E-state index in [1.807, 2.05) is 37.4 Å². The maximum atomic E-state index is 13.1. The largest absolute Gasteiger partial charge is 0.416 e. The Labute approximate surface area is 198 Å². The van der Waals surface area contributed by atoms with Gasteiger partial charge < -0.3 is 10.2 Å². The van der Waals surface area contributed by atoms with Gasteiger partial charge in [-0.2, -0.15) is 18.3 Å². The van der Waals surface area contributed by atoms with Gasteiger partial charge >= 0.3 is 6.18 Å². The molecule has 0 bridgehead atoms. The van der Waals surface area contributed by atoms with E-state index in [1.165, 1.54) is 29.3 Å². The van der Waals surface area contributed by atoms with Crippen molar-refractivity contribution in [2.24, 2.45) is 0 Å². The maximum absolute atomic E-state index is 13.1. The van der Waals surface area contributed by atoms with Crippen molar-refractivity contribution in [3.63, 3.8) is 0 Å². The number of carbonyl (C=O) groups is 1. The van der Waals surface area contributed by atoms with Gasteiger partial charge in [-0.1, -0.05) is 24.3 Å². The average Bonchev–Trinajstić information content (AvgIpc) is 3.28. The number of anilines is 1. The highest BCUT2D eigenvalue weighted by Gasteiger charge is 2.30. The molecule has 0 saturated carbocycles. The first-order chi connectivity index (χ1) is 16.7. The first-order valence-electron chi connectivity index (χ1n) is 10.9. The molecule has 0 spiro atoms. The number of benzene rings is 2. The number of nitrogens with one attached hydrogen (secondary N) is 1. The van der Waals surface area contributed by atoms with Crippen LogP contribution >= 0.6 is 0 Å². The van der Waals surface area contributed by atoms with Gasteiger partial charge in [0.15, 0.2) is 5.65 Å². The van der Waals surface area contributed by atoms with E-state index in [0.29, 0.717) is 13.0 Å². The maximum Gasteiger partial charge on any atom is 0.416 e. The molecule has 0 radical (unpaired) electrons. The minimum atomic E-state index is -4.51. The van der Waals surface area contributed by atoms with Gasteiger partial charge in [0, 0.05) is 25.8 Å². The summed E-state index contributed by atoms with van der Waals surface area (Å²) in [6.07, 6.45) is -1.37. The van der Waals surface area contributed by atoms with E-state index in [9.17, 15) is 22.8 Å². The van der Waals surface area contributed by atoms with E-state index in [4.69, 9.17) is 0 Å². The third-order valence-electron chi connectivity index (χ3n) is 5.48. The van der Waals surface area contributed by atoms with E-state index < -0.39 is 17.3 Å². The van der Waals surface area contributed by atoms with E-state index in [2.05, 4.69) is 20.3 Å². The molecular formula is C24H23F3N6O2.